The number of benzene rings is 1. The Balaban J connectivity index is 2.32. The highest BCUT2D eigenvalue weighted by Gasteiger charge is 2.13. The summed E-state index contributed by atoms with van der Waals surface area (Å²) in [6.07, 6.45) is 1.91. The highest BCUT2D eigenvalue weighted by Crippen LogP contribution is 2.22. The van der Waals surface area contributed by atoms with Crippen LogP contribution in [-0.4, -0.2) is 22.1 Å². The SMILES string of the molecule is CSCc1nc(C(=O)Nc2c(C)cc(C)cc2C)cc(=O)[nH]1. The highest BCUT2D eigenvalue weighted by molar-refractivity contribution is 7.97. The molecule has 0 fully saturated rings. The zero-order valence-corrected chi connectivity index (χ0v) is 13.9. The van der Waals surface area contributed by atoms with Crippen molar-refractivity contribution in [3.63, 3.8) is 0 Å². The number of anilines is 1. The summed E-state index contributed by atoms with van der Waals surface area (Å²) in [5, 5.41) is 2.86. The fourth-order valence-electron chi connectivity index (χ4n) is 2.38. The Morgan fingerprint density at radius 3 is 2.45 bits per heavy atom. The molecule has 0 saturated heterocycles. The van der Waals surface area contributed by atoms with Crippen LogP contribution in [0.25, 0.3) is 0 Å². The lowest BCUT2D eigenvalue weighted by Gasteiger charge is -2.12. The molecule has 22 heavy (non-hydrogen) atoms. The highest BCUT2D eigenvalue weighted by atomic mass is 32.2. The third kappa shape index (κ3) is 3.76. The van der Waals surface area contributed by atoms with Gasteiger partial charge >= 0.3 is 0 Å². The molecule has 0 aliphatic rings. The van der Waals surface area contributed by atoms with E-state index in [9.17, 15) is 9.59 Å². The van der Waals surface area contributed by atoms with Gasteiger partial charge in [0.05, 0.1) is 5.75 Å². The second-order valence-electron chi connectivity index (χ2n) is 5.24. The van der Waals surface area contributed by atoms with Crippen LogP contribution in [0.2, 0.25) is 0 Å². The first-order chi connectivity index (χ1) is 10.4. The minimum atomic E-state index is -0.372. The number of aryl methyl sites for hydroxylation is 3. The number of nitrogens with zero attached hydrogens (tertiary/aromatic N) is 1. The molecule has 6 heteroatoms. The summed E-state index contributed by atoms with van der Waals surface area (Å²) in [5.74, 6) is 0.685. The van der Waals surface area contributed by atoms with E-state index in [4.69, 9.17) is 0 Å². The first-order valence-electron chi connectivity index (χ1n) is 6.89. The van der Waals surface area contributed by atoms with Crippen LogP contribution in [0.4, 0.5) is 5.69 Å². The van der Waals surface area contributed by atoms with E-state index in [0.29, 0.717) is 11.6 Å². The summed E-state index contributed by atoms with van der Waals surface area (Å²) in [6, 6.07) is 5.23. The Labute approximate surface area is 133 Å². The summed E-state index contributed by atoms with van der Waals surface area (Å²) in [7, 11) is 0. The van der Waals surface area contributed by atoms with Gasteiger partial charge in [-0.2, -0.15) is 11.8 Å². The number of nitrogens with one attached hydrogen (secondary N) is 2. The van der Waals surface area contributed by atoms with Gasteiger partial charge in [-0.1, -0.05) is 17.7 Å². The van der Waals surface area contributed by atoms with Crippen LogP contribution in [0.15, 0.2) is 23.0 Å². The maximum absolute atomic E-state index is 12.4. The fourth-order valence-corrected chi connectivity index (χ4v) is 2.79. The molecule has 0 atom stereocenters. The van der Waals surface area contributed by atoms with Gasteiger partial charge in [0.2, 0.25) is 0 Å². The molecule has 1 aromatic carbocycles. The Morgan fingerprint density at radius 1 is 1.23 bits per heavy atom. The van der Waals surface area contributed by atoms with Crippen LogP contribution in [-0.2, 0) is 5.75 Å². The van der Waals surface area contributed by atoms with Crippen LogP contribution < -0.4 is 10.9 Å². The van der Waals surface area contributed by atoms with E-state index in [1.54, 1.807) is 0 Å². The predicted molar refractivity (Wildman–Crippen MR) is 90.7 cm³/mol. The first-order valence-corrected chi connectivity index (χ1v) is 8.28. The third-order valence-electron chi connectivity index (χ3n) is 3.22. The van der Waals surface area contributed by atoms with E-state index >= 15 is 0 Å². The van der Waals surface area contributed by atoms with E-state index in [0.717, 1.165) is 22.4 Å². The molecule has 2 aromatic rings. The molecule has 116 valence electrons. The fraction of sp³-hybridized carbons (Fsp3) is 0.312. The molecule has 0 bridgehead atoms. The van der Waals surface area contributed by atoms with Crippen molar-refractivity contribution in [1.29, 1.82) is 0 Å². The van der Waals surface area contributed by atoms with Gasteiger partial charge in [0.15, 0.2) is 0 Å². The normalized spacial score (nSPS) is 10.5. The smallest absolute Gasteiger partial charge is 0.274 e. The molecular formula is C16H19N3O2S. The Bertz CT molecular complexity index is 745. The van der Waals surface area contributed by atoms with Crippen molar-refractivity contribution in [1.82, 2.24) is 9.97 Å². The minimum Gasteiger partial charge on any atom is -0.320 e. The summed E-state index contributed by atoms with van der Waals surface area (Å²) >= 11 is 1.53. The summed E-state index contributed by atoms with van der Waals surface area (Å²) in [6.45, 7) is 5.90. The average molecular weight is 317 g/mol. The zero-order chi connectivity index (χ0) is 16.3. The number of H-pyrrole nitrogens is 1. The number of carbonyl (C=O) groups excluding carboxylic acids is 1. The summed E-state index contributed by atoms with van der Waals surface area (Å²) in [4.78, 5) is 30.9. The molecule has 0 spiro atoms. The number of thioether (sulfide) groups is 1. The van der Waals surface area contributed by atoms with Crippen molar-refractivity contribution in [2.45, 2.75) is 26.5 Å². The molecule has 0 aliphatic carbocycles. The molecule has 5 nitrogen and oxygen atoms in total. The van der Waals surface area contributed by atoms with Crippen LogP contribution >= 0.6 is 11.8 Å². The van der Waals surface area contributed by atoms with Gasteiger partial charge in [0.25, 0.3) is 11.5 Å². The van der Waals surface area contributed by atoms with Gasteiger partial charge in [0.1, 0.15) is 11.5 Å². The number of carbonyl (C=O) groups is 1. The standard InChI is InChI=1S/C16H19N3O2S/c1-9-5-10(2)15(11(3)6-9)19-16(21)12-7-14(20)18-13(17-12)8-22-4/h5-7H,8H2,1-4H3,(H,19,21)(H,17,18,20). The van der Waals surface area contributed by atoms with Gasteiger partial charge in [-0.15, -0.1) is 0 Å². The zero-order valence-electron chi connectivity index (χ0n) is 13.1. The van der Waals surface area contributed by atoms with Crippen molar-refractivity contribution in [3.05, 3.63) is 56.8 Å². The summed E-state index contributed by atoms with van der Waals surface area (Å²) < 4.78 is 0. The van der Waals surface area contributed by atoms with Crippen molar-refractivity contribution in [2.24, 2.45) is 0 Å². The van der Waals surface area contributed by atoms with E-state index in [1.807, 2.05) is 39.2 Å². The molecule has 0 unspecified atom stereocenters. The number of aromatic amines is 1. The average Bonchev–Trinajstić information content (AvgIpc) is 2.42. The van der Waals surface area contributed by atoms with E-state index < -0.39 is 0 Å². The third-order valence-corrected chi connectivity index (χ3v) is 3.78. The van der Waals surface area contributed by atoms with Gasteiger partial charge in [0, 0.05) is 11.8 Å². The first kappa shape index (κ1) is 16.3. The molecule has 1 heterocycles. The molecular weight excluding hydrogens is 298 g/mol. The van der Waals surface area contributed by atoms with Gasteiger partial charge in [-0.05, 0) is 38.2 Å². The van der Waals surface area contributed by atoms with Crippen molar-refractivity contribution in [3.8, 4) is 0 Å². The van der Waals surface area contributed by atoms with Crippen LogP contribution in [0.3, 0.4) is 0 Å². The molecule has 2 rings (SSSR count). The van der Waals surface area contributed by atoms with Gasteiger partial charge in [-0.3, -0.25) is 9.59 Å². The van der Waals surface area contributed by atoms with Gasteiger partial charge < -0.3 is 10.3 Å². The Hall–Kier alpha value is -2.08. The number of hydrogen-bond acceptors (Lipinski definition) is 4. The lowest BCUT2D eigenvalue weighted by atomic mass is 10.1. The van der Waals surface area contributed by atoms with Crippen LogP contribution in [0, 0.1) is 20.8 Å². The van der Waals surface area contributed by atoms with E-state index in [1.165, 1.54) is 17.8 Å². The lowest BCUT2D eigenvalue weighted by Crippen LogP contribution is -2.21. The molecule has 0 aliphatic heterocycles. The maximum atomic E-state index is 12.4. The molecule has 1 amide bonds. The van der Waals surface area contributed by atoms with Crippen molar-refractivity contribution >= 4 is 23.4 Å². The number of rotatable bonds is 4. The maximum Gasteiger partial charge on any atom is 0.274 e. The quantitative estimate of drug-likeness (QED) is 0.909. The predicted octanol–water partition coefficient (Wildman–Crippen LogP) is 2.81. The van der Waals surface area contributed by atoms with Gasteiger partial charge in [-0.25, -0.2) is 4.98 Å². The molecule has 1 aromatic heterocycles. The molecule has 0 saturated carbocycles. The molecule has 0 radical (unpaired) electrons. The monoisotopic (exact) mass is 317 g/mol. The second kappa shape index (κ2) is 6.79. The van der Waals surface area contributed by atoms with Crippen molar-refractivity contribution in [2.75, 3.05) is 11.6 Å². The second-order valence-corrected chi connectivity index (χ2v) is 6.10. The van der Waals surface area contributed by atoms with Crippen molar-refractivity contribution < 1.29 is 4.79 Å². The van der Waals surface area contributed by atoms with E-state index in [-0.39, 0.29) is 17.2 Å². The number of aromatic nitrogens is 2. The summed E-state index contributed by atoms with van der Waals surface area (Å²) in [5.41, 5.74) is 3.70. The Kier molecular flexibility index (Phi) is 5.03. The lowest BCUT2D eigenvalue weighted by molar-refractivity contribution is 0.102. The van der Waals surface area contributed by atoms with Crippen LogP contribution in [0.5, 0.6) is 0 Å². The van der Waals surface area contributed by atoms with E-state index in [2.05, 4.69) is 15.3 Å². The minimum absolute atomic E-state index is 0.132. The number of hydrogen-bond donors (Lipinski definition) is 2. The topological polar surface area (TPSA) is 74.8 Å². The molecule has 2 N–H and O–H groups in total. The largest absolute Gasteiger partial charge is 0.320 e. The van der Waals surface area contributed by atoms with Crippen LogP contribution in [0.1, 0.15) is 33.0 Å². The Morgan fingerprint density at radius 2 is 1.86 bits per heavy atom. The number of amides is 1.